The summed E-state index contributed by atoms with van der Waals surface area (Å²) in [7, 11) is 0. The highest BCUT2D eigenvalue weighted by Crippen LogP contribution is 2.30. The van der Waals surface area contributed by atoms with Crippen molar-refractivity contribution in [2.75, 3.05) is 5.32 Å². The highest BCUT2D eigenvalue weighted by Gasteiger charge is 2.22. The molecule has 1 saturated carbocycles. The first-order chi connectivity index (χ1) is 11.2. The lowest BCUT2D eigenvalue weighted by Gasteiger charge is -2.15. The van der Waals surface area contributed by atoms with E-state index in [0.717, 1.165) is 28.0 Å². The molecule has 1 unspecified atom stereocenters. The van der Waals surface area contributed by atoms with E-state index in [9.17, 15) is 4.79 Å². The molecule has 1 aliphatic carbocycles. The number of thioether (sulfide) groups is 1. The van der Waals surface area contributed by atoms with Crippen molar-refractivity contribution < 1.29 is 4.79 Å². The van der Waals surface area contributed by atoms with Gasteiger partial charge in [-0.1, -0.05) is 54.1 Å². The molecule has 1 amide bonds. The van der Waals surface area contributed by atoms with E-state index in [0.29, 0.717) is 6.04 Å². The second-order valence-electron chi connectivity index (χ2n) is 5.61. The first-order valence-electron chi connectivity index (χ1n) is 7.83. The van der Waals surface area contributed by atoms with Gasteiger partial charge in [0.25, 0.3) is 0 Å². The Balaban J connectivity index is 1.52. The summed E-state index contributed by atoms with van der Waals surface area (Å²) in [5, 5.41) is 15.2. The average Bonchev–Trinajstić information content (AvgIpc) is 3.20. The Labute approximate surface area is 144 Å². The van der Waals surface area contributed by atoms with Crippen LogP contribution in [-0.4, -0.2) is 27.4 Å². The molecular weight excluding hydrogens is 328 g/mol. The molecule has 1 atom stereocenters. The Morgan fingerprint density at radius 2 is 2.00 bits per heavy atom. The lowest BCUT2D eigenvalue weighted by molar-refractivity contribution is -0.120. The van der Waals surface area contributed by atoms with Gasteiger partial charge < -0.3 is 10.6 Å². The summed E-state index contributed by atoms with van der Waals surface area (Å²) in [6, 6.07) is 10.2. The molecule has 1 heterocycles. The van der Waals surface area contributed by atoms with Gasteiger partial charge in [-0.3, -0.25) is 4.79 Å². The van der Waals surface area contributed by atoms with Crippen molar-refractivity contribution in [3.63, 3.8) is 0 Å². The minimum absolute atomic E-state index is 0.0923. The van der Waals surface area contributed by atoms with Crippen molar-refractivity contribution in [2.24, 2.45) is 0 Å². The number of rotatable bonds is 6. The fraction of sp³-hybridized carbons (Fsp3) is 0.438. The third-order valence-corrected chi connectivity index (χ3v) is 5.80. The van der Waals surface area contributed by atoms with Crippen molar-refractivity contribution in [1.82, 2.24) is 15.5 Å². The van der Waals surface area contributed by atoms with Gasteiger partial charge in [0.2, 0.25) is 11.0 Å². The van der Waals surface area contributed by atoms with Crippen molar-refractivity contribution in [3.05, 3.63) is 30.3 Å². The summed E-state index contributed by atoms with van der Waals surface area (Å²) in [6.07, 6.45) is 4.65. The molecule has 1 aromatic carbocycles. The zero-order valence-electron chi connectivity index (χ0n) is 13.0. The Kier molecular flexibility index (Phi) is 5.51. The number of carbonyl (C=O) groups excluding carboxylic acids is 1. The Bertz CT molecular complexity index is 641. The van der Waals surface area contributed by atoms with Crippen LogP contribution in [0, 0.1) is 0 Å². The van der Waals surface area contributed by atoms with Crippen LogP contribution in [0.5, 0.6) is 0 Å². The van der Waals surface area contributed by atoms with Crippen LogP contribution in [0.3, 0.4) is 0 Å². The molecule has 0 spiro atoms. The van der Waals surface area contributed by atoms with Gasteiger partial charge in [-0.05, 0) is 31.9 Å². The number of nitrogens with one attached hydrogen (secondary N) is 2. The number of benzene rings is 1. The van der Waals surface area contributed by atoms with E-state index >= 15 is 0 Å². The number of carbonyl (C=O) groups is 1. The van der Waals surface area contributed by atoms with Gasteiger partial charge in [-0.25, -0.2) is 0 Å². The molecule has 0 bridgehead atoms. The quantitative estimate of drug-likeness (QED) is 0.777. The Hall–Kier alpha value is -1.60. The van der Waals surface area contributed by atoms with Crippen molar-refractivity contribution in [1.29, 1.82) is 0 Å². The van der Waals surface area contributed by atoms with E-state index in [1.165, 1.54) is 35.9 Å². The zero-order valence-corrected chi connectivity index (χ0v) is 14.6. The van der Waals surface area contributed by atoms with Gasteiger partial charge in [0.1, 0.15) is 0 Å². The average molecular weight is 348 g/mol. The van der Waals surface area contributed by atoms with Crippen LogP contribution in [0.15, 0.2) is 34.7 Å². The zero-order chi connectivity index (χ0) is 16.1. The number of para-hydroxylation sites is 1. The molecule has 2 N–H and O–H groups in total. The predicted molar refractivity (Wildman–Crippen MR) is 95.4 cm³/mol. The van der Waals surface area contributed by atoms with E-state index in [1.54, 1.807) is 0 Å². The minimum Gasteiger partial charge on any atom is -0.352 e. The maximum atomic E-state index is 12.2. The summed E-state index contributed by atoms with van der Waals surface area (Å²) in [4.78, 5) is 12.2. The first-order valence-corrected chi connectivity index (χ1v) is 9.53. The van der Waals surface area contributed by atoms with Crippen molar-refractivity contribution in [2.45, 2.75) is 48.2 Å². The third kappa shape index (κ3) is 4.68. The van der Waals surface area contributed by atoms with Crippen LogP contribution in [-0.2, 0) is 4.79 Å². The summed E-state index contributed by atoms with van der Waals surface area (Å²) >= 11 is 2.93. The topological polar surface area (TPSA) is 66.9 Å². The van der Waals surface area contributed by atoms with Crippen LogP contribution in [0.1, 0.15) is 32.6 Å². The second-order valence-corrected chi connectivity index (χ2v) is 8.18. The number of aromatic nitrogens is 2. The van der Waals surface area contributed by atoms with E-state index in [2.05, 4.69) is 20.8 Å². The number of hydrogen-bond acceptors (Lipinski definition) is 6. The number of amides is 1. The molecule has 1 fully saturated rings. The summed E-state index contributed by atoms with van der Waals surface area (Å²) in [6.45, 7) is 1.92. The van der Waals surface area contributed by atoms with E-state index in [1.807, 2.05) is 37.3 Å². The summed E-state index contributed by atoms with van der Waals surface area (Å²) < 4.78 is 0.803. The normalized spacial score (nSPS) is 16.2. The molecule has 1 aromatic heterocycles. The monoisotopic (exact) mass is 348 g/mol. The van der Waals surface area contributed by atoms with Gasteiger partial charge in [-0.2, -0.15) is 0 Å². The number of hydrogen-bond donors (Lipinski definition) is 2. The molecule has 122 valence electrons. The highest BCUT2D eigenvalue weighted by molar-refractivity contribution is 8.02. The highest BCUT2D eigenvalue weighted by atomic mass is 32.2. The van der Waals surface area contributed by atoms with Gasteiger partial charge in [0.05, 0.1) is 5.25 Å². The molecule has 3 rings (SSSR count). The molecule has 5 nitrogen and oxygen atoms in total. The molecule has 1 aliphatic rings. The van der Waals surface area contributed by atoms with Gasteiger partial charge in [-0.15, -0.1) is 10.2 Å². The smallest absolute Gasteiger partial charge is 0.233 e. The van der Waals surface area contributed by atoms with Gasteiger partial charge >= 0.3 is 0 Å². The number of anilines is 2. The lowest BCUT2D eigenvalue weighted by Crippen LogP contribution is -2.37. The maximum Gasteiger partial charge on any atom is 0.233 e. The van der Waals surface area contributed by atoms with Crippen LogP contribution < -0.4 is 10.6 Å². The van der Waals surface area contributed by atoms with Crippen LogP contribution in [0.25, 0.3) is 0 Å². The van der Waals surface area contributed by atoms with Crippen LogP contribution >= 0.6 is 23.1 Å². The molecule has 0 radical (unpaired) electrons. The van der Waals surface area contributed by atoms with Crippen LogP contribution in [0.2, 0.25) is 0 Å². The molecule has 0 saturated heterocycles. The lowest BCUT2D eigenvalue weighted by atomic mass is 10.2. The molecule has 0 aliphatic heterocycles. The van der Waals surface area contributed by atoms with Crippen LogP contribution in [0.4, 0.5) is 10.8 Å². The molecule has 2 aromatic rings. The summed E-state index contributed by atoms with van der Waals surface area (Å²) in [5.74, 6) is 0.0923. The minimum atomic E-state index is -0.159. The third-order valence-electron chi connectivity index (χ3n) is 3.78. The first kappa shape index (κ1) is 16.3. The van der Waals surface area contributed by atoms with E-state index in [4.69, 9.17) is 0 Å². The van der Waals surface area contributed by atoms with Gasteiger partial charge in [0.15, 0.2) is 4.34 Å². The standard InChI is InChI=1S/C16H20N4OS2/c1-11(14(21)17-12-9-5-6-10-12)22-16-20-19-15(23-16)18-13-7-3-2-4-8-13/h2-4,7-8,11-12H,5-6,9-10H2,1H3,(H,17,21)(H,18,19). The predicted octanol–water partition coefficient (Wildman–Crippen LogP) is 3.82. The fourth-order valence-corrected chi connectivity index (χ4v) is 4.47. The largest absolute Gasteiger partial charge is 0.352 e. The van der Waals surface area contributed by atoms with E-state index in [-0.39, 0.29) is 11.2 Å². The molecular formula is C16H20N4OS2. The van der Waals surface area contributed by atoms with Crippen molar-refractivity contribution >= 4 is 39.8 Å². The van der Waals surface area contributed by atoms with Gasteiger partial charge in [0, 0.05) is 11.7 Å². The number of nitrogens with zero attached hydrogens (tertiary/aromatic N) is 2. The Morgan fingerprint density at radius 1 is 1.26 bits per heavy atom. The second kappa shape index (κ2) is 7.79. The summed E-state index contributed by atoms with van der Waals surface area (Å²) in [5.41, 5.74) is 0.979. The van der Waals surface area contributed by atoms with E-state index < -0.39 is 0 Å². The molecule has 23 heavy (non-hydrogen) atoms. The molecule has 7 heteroatoms. The maximum absolute atomic E-state index is 12.2. The Morgan fingerprint density at radius 3 is 2.74 bits per heavy atom. The SMILES string of the molecule is CC(Sc1nnc(Nc2ccccc2)s1)C(=O)NC1CCCC1. The fourth-order valence-electron chi connectivity index (χ4n) is 2.55. The van der Waals surface area contributed by atoms with Crippen molar-refractivity contribution in [3.8, 4) is 0 Å².